The van der Waals surface area contributed by atoms with E-state index in [0.29, 0.717) is 6.54 Å². The van der Waals surface area contributed by atoms with Crippen molar-refractivity contribution in [2.24, 2.45) is 4.99 Å². The molecular formula is C16H24IN7S. The van der Waals surface area contributed by atoms with E-state index in [1.54, 1.807) is 23.7 Å². The summed E-state index contributed by atoms with van der Waals surface area (Å²) in [5.41, 5.74) is 1.08. The van der Waals surface area contributed by atoms with Crippen molar-refractivity contribution in [2.45, 2.75) is 19.9 Å². The lowest BCUT2D eigenvalue weighted by Crippen LogP contribution is -2.52. The zero-order chi connectivity index (χ0) is 16.8. The molecular weight excluding hydrogens is 449 g/mol. The first kappa shape index (κ1) is 19.8. The molecule has 0 atom stereocenters. The summed E-state index contributed by atoms with van der Waals surface area (Å²) in [5.74, 6) is 1.73. The number of anilines is 1. The molecule has 3 rings (SSSR count). The van der Waals surface area contributed by atoms with E-state index in [2.05, 4.69) is 47.4 Å². The molecule has 9 heteroatoms. The van der Waals surface area contributed by atoms with Crippen molar-refractivity contribution >= 4 is 47.2 Å². The highest BCUT2D eigenvalue weighted by molar-refractivity contribution is 14.0. The molecule has 1 aliphatic rings. The van der Waals surface area contributed by atoms with Crippen LogP contribution in [0.25, 0.3) is 0 Å². The van der Waals surface area contributed by atoms with E-state index >= 15 is 0 Å². The third-order valence-electron chi connectivity index (χ3n) is 3.96. The number of hydrogen-bond donors (Lipinski definition) is 1. The minimum Gasteiger partial charge on any atom is -0.351 e. The fraction of sp³-hybridized carbons (Fsp3) is 0.500. The number of hydrogen-bond acceptors (Lipinski definition) is 6. The average molecular weight is 473 g/mol. The Balaban J connectivity index is 0.00000225. The largest absolute Gasteiger partial charge is 0.351 e. The van der Waals surface area contributed by atoms with Gasteiger partial charge in [-0.2, -0.15) is 0 Å². The molecule has 0 spiro atoms. The molecule has 3 heterocycles. The second kappa shape index (κ2) is 9.85. The van der Waals surface area contributed by atoms with Crippen molar-refractivity contribution in [1.29, 1.82) is 0 Å². The van der Waals surface area contributed by atoms with Crippen LogP contribution in [0.15, 0.2) is 28.8 Å². The summed E-state index contributed by atoms with van der Waals surface area (Å²) in [6, 6.07) is 1.84. The number of aromatic nitrogens is 3. The van der Waals surface area contributed by atoms with Crippen LogP contribution in [0.1, 0.15) is 17.6 Å². The lowest BCUT2D eigenvalue weighted by molar-refractivity contribution is 0.370. The van der Waals surface area contributed by atoms with Crippen molar-refractivity contribution in [3.63, 3.8) is 0 Å². The van der Waals surface area contributed by atoms with Gasteiger partial charge in [0.1, 0.15) is 0 Å². The summed E-state index contributed by atoms with van der Waals surface area (Å²) in [4.78, 5) is 22.1. The molecule has 1 fully saturated rings. The standard InChI is InChI=1S/C16H23N7S.HI/c1-3-14-21-13(12-24-14)11-20-15(17-2)22-7-9-23(10-8-22)16-18-5-4-6-19-16;/h4-6,12H,3,7-11H2,1-2H3,(H,17,20);1H. The molecule has 136 valence electrons. The number of aryl methyl sites for hydroxylation is 1. The predicted octanol–water partition coefficient (Wildman–Crippen LogP) is 2.01. The van der Waals surface area contributed by atoms with Crippen LogP contribution in [0.3, 0.4) is 0 Å². The Kier molecular flexibility index (Phi) is 7.82. The second-order valence-corrected chi connectivity index (χ2v) is 6.45. The Morgan fingerprint density at radius 3 is 2.56 bits per heavy atom. The van der Waals surface area contributed by atoms with Crippen LogP contribution in [-0.4, -0.2) is 59.0 Å². The van der Waals surface area contributed by atoms with Crippen LogP contribution >= 0.6 is 35.3 Å². The van der Waals surface area contributed by atoms with E-state index in [0.717, 1.165) is 50.2 Å². The van der Waals surface area contributed by atoms with Crippen molar-refractivity contribution in [2.75, 3.05) is 38.1 Å². The number of halogens is 1. The van der Waals surface area contributed by atoms with Gasteiger partial charge in [0.15, 0.2) is 5.96 Å². The molecule has 0 amide bonds. The number of nitrogens with zero attached hydrogens (tertiary/aromatic N) is 6. The van der Waals surface area contributed by atoms with Gasteiger partial charge < -0.3 is 15.1 Å². The number of nitrogens with one attached hydrogen (secondary N) is 1. The van der Waals surface area contributed by atoms with Crippen LogP contribution < -0.4 is 10.2 Å². The van der Waals surface area contributed by atoms with E-state index in [-0.39, 0.29) is 24.0 Å². The van der Waals surface area contributed by atoms with Gasteiger partial charge in [-0.3, -0.25) is 4.99 Å². The number of piperazine rings is 1. The average Bonchev–Trinajstić information content (AvgIpc) is 3.12. The molecule has 0 aliphatic carbocycles. The van der Waals surface area contributed by atoms with Gasteiger partial charge in [-0.05, 0) is 12.5 Å². The van der Waals surface area contributed by atoms with Gasteiger partial charge in [0, 0.05) is 51.0 Å². The van der Waals surface area contributed by atoms with Gasteiger partial charge in [0.05, 0.1) is 17.2 Å². The van der Waals surface area contributed by atoms with E-state index < -0.39 is 0 Å². The first-order valence-corrected chi connectivity index (χ1v) is 9.09. The van der Waals surface area contributed by atoms with E-state index in [1.165, 1.54) is 5.01 Å². The van der Waals surface area contributed by atoms with Crippen molar-refractivity contribution in [3.05, 3.63) is 34.5 Å². The summed E-state index contributed by atoms with van der Waals surface area (Å²) in [6.45, 7) is 6.42. The maximum Gasteiger partial charge on any atom is 0.225 e. The van der Waals surface area contributed by atoms with Gasteiger partial charge >= 0.3 is 0 Å². The summed E-state index contributed by atoms with van der Waals surface area (Å²) < 4.78 is 0. The van der Waals surface area contributed by atoms with Gasteiger partial charge in [0.25, 0.3) is 0 Å². The minimum atomic E-state index is 0. The monoisotopic (exact) mass is 473 g/mol. The molecule has 0 bridgehead atoms. The highest BCUT2D eigenvalue weighted by Gasteiger charge is 2.21. The number of guanidine groups is 1. The molecule has 0 radical (unpaired) electrons. The topological polar surface area (TPSA) is 69.5 Å². The molecule has 2 aromatic heterocycles. The van der Waals surface area contributed by atoms with Crippen LogP contribution in [-0.2, 0) is 13.0 Å². The molecule has 2 aromatic rings. The first-order valence-electron chi connectivity index (χ1n) is 8.21. The van der Waals surface area contributed by atoms with Crippen LogP contribution in [0.2, 0.25) is 0 Å². The van der Waals surface area contributed by atoms with Gasteiger partial charge in [-0.1, -0.05) is 6.92 Å². The molecule has 1 saturated heterocycles. The van der Waals surface area contributed by atoms with Gasteiger partial charge in [0.2, 0.25) is 5.95 Å². The second-order valence-electron chi connectivity index (χ2n) is 5.51. The smallest absolute Gasteiger partial charge is 0.225 e. The maximum absolute atomic E-state index is 4.59. The SMILES string of the molecule is CCc1nc(CNC(=NC)N2CCN(c3ncccn3)CC2)cs1.I. The minimum absolute atomic E-state index is 0. The fourth-order valence-corrected chi connectivity index (χ4v) is 3.41. The summed E-state index contributed by atoms with van der Waals surface area (Å²) in [5, 5.41) is 6.71. The molecule has 0 aromatic carbocycles. The summed E-state index contributed by atoms with van der Waals surface area (Å²) in [7, 11) is 1.83. The Morgan fingerprint density at radius 1 is 1.24 bits per heavy atom. The summed E-state index contributed by atoms with van der Waals surface area (Å²) in [6.07, 6.45) is 4.56. The third kappa shape index (κ3) is 5.24. The molecule has 1 N–H and O–H groups in total. The zero-order valence-electron chi connectivity index (χ0n) is 14.6. The van der Waals surface area contributed by atoms with Crippen LogP contribution in [0.4, 0.5) is 5.95 Å². The number of thiazole rings is 1. The maximum atomic E-state index is 4.59. The van der Waals surface area contributed by atoms with Crippen molar-refractivity contribution in [1.82, 2.24) is 25.2 Å². The van der Waals surface area contributed by atoms with Crippen molar-refractivity contribution in [3.8, 4) is 0 Å². The highest BCUT2D eigenvalue weighted by Crippen LogP contribution is 2.11. The number of aliphatic imine (C=N–C) groups is 1. The lowest BCUT2D eigenvalue weighted by Gasteiger charge is -2.36. The quantitative estimate of drug-likeness (QED) is 0.417. The Morgan fingerprint density at radius 2 is 1.96 bits per heavy atom. The van der Waals surface area contributed by atoms with Crippen LogP contribution in [0, 0.1) is 0 Å². The fourth-order valence-electron chi connectivity index (χ4n) is 2.67. The lowest BCUT2D eigenvalue weighted by atomic mass is 10.3. The molecule has 1 aliphatic heterocycles. The van der Waals surface area contributed by atoms with E-state index in [9.17, 15) is 0 Å². The normalized spacial score (nSPS) is 15.0. The van der Waals surface area contributed by atoms with E-state index in [1.807, 2.05) is 13.1 Å². The Labute approximate surface area is 169 Å². The zero-order valence-corrected chi connectivity index (χ0v) is 17.7. The number of rotatable bonds is 4. The Bertz CT molecular complexity index is 668. The first-order chi connectivity index (χ1) is 11.8. The molecule has 0 unspecified atom stereocenters. The Hall–Kier alpha value is -1.49. The molecule has 0 saturated carbocycles. The summed E-state index contributed by atoms with van der Waals surface area (Å²) >= 11 is 1.72. The highest BCUT2D eigenvalue weighted by atomic mass is 127. The van der Waals surface area contributed by atoms with E-state index in [4.69, 9.17) is 0 Å². The molecule has 25 heavy (non-hydrogen) atoms. The van der Waals surface area contributed by atoms with Crippen molar-refractivity contribution < 1.29 is 0 Å². The predicted molar refractivity (Wildman–Crippen MR) is 113 cm³/mol. The van der Waals surface area contributed by atoms with Crippen LogP contribution in [0.5, 0.6) is 0 Å². The molecule has 7 nitrogen and oxygen atoms in total. The third-order valence-corrected chi connectivity index (χ3v) is 5.00. The van der Waals surface area contributed by atoms with Gasteiger partial charge in [-0.15, -0.1) is 35.3 Å². The van der Waals surface area contributed by atoms with Gasteiger partial charge in [-0.25, -0.2) is 15.0 Å².